The fourth-order valence-electron chi connectivity index (χ4n) is 10.9. The largest absolute Gasteiger partial charge is 0.135 e. The van der Waals surface area contributed by atoms with Crippen molar-refractivity contribution < 1.29 is 0 Å². The van der Waals surface area contributed by atoms with Crippen LogP contribution in [0.2, 0.25) is 0 Å². The number of fused-ring (bicyclic) bond motifs is 7. The molecule has 7 aromatic carbocycles. The summed E-state index contributed by atoms with van der Waals surface area (Å²) >= 11 is 3.90. The van der Waals surface area contributed by atoms with Gasteiger partial charge < -0.3 is 0 Å². The van der Waals surface area contributed by atoms with E-state index < -0.39 is 0 Å². The van der Waals surface area contributed by atoms with Crippen molar-refractivity contribution in [3.05, 3.63) is 225 Å². The molecule has 0 nitrogen and oxygen atoms in total. The third kappa shape index (κ3) is 7.24. The first-order chi connectivity index (χ1) is 31.6. The third-order valence-corrected chi connectivity index (χ3v) is 16.9. The molecule has 3 unspecified atom stereocenters. The number of rotatable bonds is 9. The van der Waals surface area contributed by atoms with Gasteiger partial charge in [-0.3, -0.25) is 0 Å². The normalized spacial score (nSPS) is 17.2. The molecule has 9 aromatic rings. The van der Waals surface area contributed by atoms with E-state index >= 15 is 0 Å². The molecule has 0 N–H and O–H groups in total. The van der Waals surface area contributed by atoms with Gasteiger partial charge >= 0.3 is 0 Å². The summed E-state index contributed by atoms with van der Waals surface area (Å²) in [5.74, 6) is 0.965. The van der Waals surface area contributed by atoms with Crippen molar-refractivity contribution in [1.29, 1.82) is 0 Å². The molecule has 0 fully saturated rings. The van der Waals surface area contributed by atoms with Gasteiger partial charge in [-0.25, -0.2) is 0 Å². The molecule has 310 valence electrons. The van der Waals surface area contributed by atoms with E-state index in [0.717, 1.165) is 38.5 Å². The Bertz CT molecular complexity index is 3510. The Morgan fingerprint density at radius 2 is 1.33 bits per heavy atom. The second-order valence-corrected chi connectivity index (χ2v) is 20.3. The van der Waals surface area contributed by atoms with E-state index in [1.54, 1.807) is 11.1 Å². The zero-order chi connectivity index (χ0) is 42.6. The monoisotopic (exact) mass is 858 g/mol. The second kappa shape index (κ2) is 16.7. The van der Waals surface area contributed by atoms with Crippen LogP contribution in [-0.2, 0) is 0 Å². The highest BCUT2D eigenvalue weighted by Crippen LogP contribution is 2.47. The molecule has 3 aliphatic carbocycles. The first-order valence-corrected chi connectivity index (χ1v) is 24.8. The van der Waals surface area contributed by atoms with E-state index in [2.05, 4.69) is 201 Å². The lowest BCUT2D eigenvalue weighted by Crippen LogP contribution is -2.20. The van der Waals surface area contributed by atoms with Gasteiger partial charge in [-0.2, -0.15) is 0 Å². The molecule has 0 spiro atoms. The average molecular weight is 859 g/mol. The fourth-order valence-corrected chi connectivity index (χ4v) is 13.5. The van der Waals surface area contributed by atoms with Crippen LogP contribution in [0, 0.1) is 5.92 Å². The van der Waals surface area contributed by atoms with E-state index in [1.165, 1.54) is 95.3 Å². The lowest BCUT2D eigenvalue weighted by Gasteiger charge is -2.33. The van der Waals surface area contributed by atoms with E-state index in [-0.39, 0.29) is 0 Å². The van der Waals surface area contributed by atoms with Crippen molar-refractivity contribution in [3.8, 4) is 11.1 Å². The van der Waals surface area contributed by atoms with Gasteiger partial charge in [0.1, 0.15) is 0 Å². The standard InChI is InChI=1S/C62H50S2/c1-40(42-29-32-46(33-30-42)53-20-12-22-57-55-18-8-10-24-60(55)64-62(53)57)58(35-41-25-27-45(28-26-41)52-19-11-21-56-54-17-7-9-23-59(54)63-61(52)56)51-38-49(43-13-3-2-4-14-43)37-50(39-51)48-34-31-44-15-5-6-16-47(44)36-48/h2-7,9,11-25,27,29-34,36-37,39-40,49,58H,8,10,26,28,35,38H2,1H3. The predicted molar refractivity (Wildman–Crippen MR) is 280 cm³/mol. The highest BCUT2D eigenvalue weighted by molar-refractivity contribution is 7.26. The minimum atomic E-state index is 0.306. The summed E-state index contributed by atoms with van der Waals surface area (Å²) < 4.78 is 5.63. The van der Waals surface area contributed by atoms with Crippen LogP contribution in [0.4, 0.5) is 0 Å². The molecular formula is C62H50S2. The average Bonchev–Trinajstić information content (AvgIpc) is 3.95. The van der Waals surface area contributed by atoms with Crippen molar-refractivity contribution in [1.82, 2.24) is 0 Å². The van der Waals surface area contributed by atoms with Crippen LogP contribution in [0.1, 0.15) is 79.5 Å². The molecule has 0 saturated carbocycles. The summed E-state index contributed by atoms with van der Waals surface area (Å²) in [6.07, 6.45) is 21.4. The highest BCUT2D eigenvalue weighted by atomic mass is 32.1. The predicted octanol–water partition coefficient (Wildman–Crippen LogP) is 16.6. The van der Waals surface area contributed by atoms with Crippen molar-refractivity contribution in [2.24, 2.45) is 5.92 Å². The molecule has 0 radical (unpaired) electrons. The number of thiophene rings is 2. The van der Waals surface area contributed by atoms with Crippen LogP contribution in [-0.4, -0.2) is 0 Å². The fraction of sp³-hybridized carbons (Fsp3) is 0.161. The lowest BCUT2D eigenvalue weighted by atomic mass is 9.71. The third-order valence-electron chi connectivity index (χ3n) is 14.4. The first kappa shape index (κ1) is 39.3. The van der Waals surface area contributed by atoms with Gasteiger partial charge in [-0.05, 0) is 123 Å². The molecule has 64 heavy (non-hydrogen) atoms. The Kier molecular flexibility index (Phi) is 10.2. The summed E-state index contributed by atoms with van der Waals surface area (Å²) in [5.41, 5.74) is 14.1. The summed E-state index contributed by atoms with van der Waals surface area (Å²) in [7, 11) is 0. The van der Waals surface area contributed by atoms with Crippen molar-refractivity contribution in [2.75, 3.05) is 0 Å². The molecule has 0 amide bonds. The second-order valence-electron chi connectivity index (χ2n) is 18.2. The molecule has 2 aromatic heterocycles. The summed E-state index contributed by atoms with van der Waals surface area (Å²) in [5, 5.41) is 8.16. The quantitative estimate of drug-likeness (QED) is 0.136. The molecule has 3 atom stereocenters. The Morgan fingerprint density at radius 1 is 0.594 bits per heavy atom. The molecule has 3 aliphatic rings. The van der Waals surface area contributed by atoms with E-state index in [0.29, 0.717) is 17.8 Å². The van der Waals surface area contributed by atoms with E-state index in [9.17, 15) is 0 Å². The zero-order valence-corrected chi connectivity index (χ0v) is 37.9. The van der Waals surface area contributed by atoms with Crippen LogP contribution in [0.3, 0.4) is 0 Å². The first-order valence-electron chi connectivity index (χ1n) is 23.2. The van der Waals surface area contributed by atoms with Crippen molar-refractivity contribution >= 4 is 87.0 Å². The number of benzene rings is 7. The maximum atomic E-state index is 2.58. The smallest absolute Gasteiger partial charge is 0.0433 e. The van der Waals surface area contributed by atoms with Gasteiger partial charge in [-0.15, -0.1) is 22.7 Å². The maximum Gasteiger partial charge on any atom is 0.0433 e. The highest BCUT2D eigenvalue weighted by Gasteiger charge is 2.30. The maximum absolute atomic E-state index is 2.58. The molecule has 2 heterocycles. The van der Waals surface area contributed by atoms with Gasteiger partial charge in [0.2, 0.25) is 0 Å². The van der Waals surface area contributed by atoms with Crippen molar-refractivity contribution in [3.63, 3.8) is 0 Å². The summed E-state index contributed by atoms with van der Waals surface area (Å²) in [4.78, 5) is 0. The molecule has 0 saturated heterocycles. The van der Waals surface area contributed by atoms with Crippen LogP contribution in [0.25, 0.3) is 75.5 Å². The number of hydrogen-bond donors (Lipinski definition) is 0. The molecule has 0 aliphatic heterocycles. The lowest BCUT2D eigenvalue weighted by molar-refractivity contribution is 0.480. The summed E-state index contributed by atoms with van der Waals surface area (Å²) in [6.45, 7) is 2.50. The summed E-state index contributed by atoms with van der Waals surface area (Å²) in [6, 6.07) is 59.3. The van der Waals surface area contributed by atoms with E-state index in [1.807, 2.05) is 22.7 Å². The molecule has 12 rings (SSSR count). The van der Waals surface area contributed by atoms with Gasteiger partial charge in [0.05, 0.1) is 0 Å². The Hall–Kier alpha value is -6.32. The van der Waals surface area contributed by atoms with E-state index in [4.69, 9.17) is 0 Å². The van der Waals surface area contributed by atoms with Gasteiger partial charge in [0, 0.05) is 40.7 Å². The van der Waals surface area contributed by atoms with Crippen LogP contribution >= 0.6 is 22.7 Å². The van der Waals surface area contributed by atoms with Crippen LogP contribution in [0.5, 0.6) is 0 Å². The molecular weight excluding hydrogens is 809 g/mol. The minimum Gasteiger partial charge on any atom is -0.135 e. The van der Waals surface area contributed by atoms with Gasteiger partial charge in [0.25, 0.3) is 0 Å². The van der Waals surface area contributed by atoms with Crippen molar-refractivity contribution in [2.45, 2.75) is 57.3 Å². The van der Waals surface area contributed by atoms with Crippen LogP contribution < -0.4 is 9.75 Å². The Balaban J connectivity index is 0.933. The van der Waals surface area contributed by atoms with Crippen LogP contribution in [0.15, 0.2) is 193 Å². The van der Waals surface area contributed by atoms with Gasteiger partial charge in [-0.1, -0.05) is 200 Å². The minimum absolute atomic E-state index is 0.306. The molecule has 0 bridgehead atoms. The number of allylic oxidation sites excluding steroid dienone is 8. The Labute approximate surface area is 384 Å². The topological polar surface area (TPSA) is 0 Å². The number of hydrogen-bond acceptors (Lipinski definition) is 2. The SMILES string of the molecule is CC(c1ccc(-c2cccc3c4c(sc23)=CCCC=4)cc1)C(CC1=CC=C(c2cccc3c2sc2ccccc23)CC1)C1=CC(c2ccc3ccccc3c2)=CC(c2ccccc2)C1. The molecule has 2 heteroatoms. The Morgan fingerprint density at radius 3 is 2.19 bits per heavy atom. The zero-order valence-electron chi connectivity index (χ0n) is 36.3. The van der Waals surface area contributed by atoms with Gasteiger partial charge in [0.15, 0.2) is 0 Å².